The molecule has 1 aliphatic rings. The van der Waals surface area contributed by atoms with Crippen LogP contribution in [-0.4, -0.2) is 30.6 Å². The second-order valence-electron chi connectivity index (χ2n) is 2.78. The SMILES string of the molecule is CC.C[N-]C1CC(C)OC(O)C1.[Rb+]. The Labute approximate surface area is 130 Å². The number of ether oxygens (including phenoxy) is 1. The van der Waals surface area contributed by atoms with E-state index >= 15 is 0 Å². The van der Waals surface area contributed by atoms with Gasteiger partial charge >= 0.3 is 58.2 Å². The minimum atomic E-state index is -0.600. The maximum Gasteiger partial charge on any atom is 1.00 e. The number of hydrogen-bond acceptors (Lipinski definition) is 2. The van der Waals surface area contributed by atoms with Gasteiger partial charge in [0.25, 0.3) is 0 Å². The number of aliphatic hydroxyl groups excluding tert-OH is 1. The van der Waals surface area contributed by atoms with E-state index in [1.54, 1.807) is 7.05 Å². The Balaban J connectivity index is 0. The fourth-order valence-corrected chi connectivity index (χ4v) is 1.30. The average molecular weight is 260 g/mol. The third-order valence-electron chi connectivity index (χ3n) is 1.83. The van der Waals surface area contributed by atoms with Crippen LogP contribution >= 0.6 is 0 Å². The van der Waals surface area contributed by atoms with Crippen molar-refractivity contribution in [1.82, 2.24) is 0 Å². The zero-order chi connectivity index (χ0) is 9.56. The van der Waals surface area contributed by atoms with Gasteiger partial charge in [0.1, 0.15) is 0 Å². The summed E-state index contributed by atoms with van der Waals surface area (Å²) in [4.78, 5) is 0. The van der Waals surface area contributed by atoms with Crippen LogP contribution in [0, 0.1) is 0 Å². The molecule has 1 rings (SSSR count). The van der Waals surface area contributed by atoms with Gasteiger partial charge in [-0.15, -0.1) is 6.04 Å². The Hall–Kier alpha value is 1.69. The van der Waals surface area contributed by atoms with Crippen molar-refractivity contribution in [1.29, 1.82) is 0 Å². The van der Waals surface area contributed by atoms with Gasteiger partial charge in [-0.05, 0) is 19.8 Å². The molecule has 0 bridgehead atoms. The molecule has 13 heavy (non-hydrogen) atoms. The van der Waals surface area contributed by atoms with Crippen molar-refractivity contribution >= 4 is 0 Å². The molecule has 3 unspecified atom stereocenters. The van der Waals surface area contributed by atoms with Gasteiger partial charge in [0.2, 0.25) is 0 Å². The van der Waals surface area contributed by atoms with Crippen LogP contribution in [0.15, 0.2) is 0 Å². The predicted molar refractivity (Wildman–Crippen MR) is 50.2 cm³/mol. The Kier molecular flexibility index (Phi) is 13.4. The molecule has 1 heterocycles. The molecule has 74 valence electrons. The summed E-state index contributed by atoms with van der Waals surface area (Å²) in [5, 5.41) is 13.2. The van der Waals surface area contributed by atoms with Crippen molar-refractivity contribution in [3.8, 4) is 0 Å². The molecule has 1 N–H and O–H groups in total. The summed E-state index contributed by atoms with van der Waals surface area (Å²) < 4.78 is 5.11. The van der Waals surface area contributed by atoms with Crippen molar-refractivity contribution in [3.63, 3.8) is 0 Å². The van der Waals surface area contributed by atoms with Gasteiger partial charge in [0.05, 0.1) is 6.10 Å². The normalized spacial score (nSPS) is 32.5. The zero-order valence-corrected chi connectivity index (χ0v) is 14.4. The van der Waals surface area contributed by atoms with Crippen molar-refractivity contribution in [2.75, 3.05) is 7.05 Å². The van der Waals surface area contributed by atoms with Crippen molar-refractivity contribution in [2.45, 2.75) is 52.0 Å². The second-order valence-corrected chi connectivity index (χ2v) is 2.78. The van der Waals surface area contributed by atoms with E-state index in [2.05, 4.69) is 5.32 Å². The number of hydrogen-bond donors (Lipinski definition) is 1. The van der Waals surface area contributed by atoms with Crippen molar-refractivity contribution in [3.05, 3.63) is 5.32 Å². The van der Waals surface area contributed by atoms with Gasteiger partial charge in [-0.25, -0.2) is 0 Å². The Morgan fingerprint density at radius 2 is 1.85 bits per heavy atom. The Morgan fingerprint density at radius 3 is 2.23 bits per heavy atom. The van der Waals surface area contributed by atoms with Crippen LogP contribution in [0.5, 0.6) is 0 Å². The van der Waals surface area contributed by atoms with Gasteiger partial charge in [-0.3, -0.25) is 0 Å². The summed E-state index contributed by atoms with van der Waals surface area (Å²) in [6.07, 6.45) is 1.14. The van der Waals surface area contributed by atoms with Crippen LogP contribution in [0.2, 0.25) is 0 Å². The van der Waals surface area contributed by atoms with Gasteiger partial charge in [0, 0.05) is 0 Å². The van der Waals surface area contributed by atoms with E-state index in [0.29, 0.717) is 12.5 Å². The van der Waals surface area contributed by atoms with Crippen molar-refractivity contribution in [2.24, 2.45) is 0 Å². The largest absolute Gasteiger partial charge is 1.00 e. The zero-order valence-electron chi connectivity index (χ0n) is 9.45. The molecule has 1 fully saturated rings. The summed E-state index contributed by atoms with van der Waals surface area (Å²) >= 11 is 0. The van der Waals surface area contributed by atoms with Crippen LogP contribution < -0.4 is 58.2 Å². The van der Waals surface area contributed by atoms with E-state index in [4.69, 9.17) is 9.84 Å². The Morgan fingerprint density at radius 1 is 1.31 bits per heavy atom. The van der Waals surface area contributed by atoms with E-state index < -0.39 is 6.29 Å². The van der Waals surface area contributed by atoms with Gasteiger partial charge in [0.15, 0.2) is 6.29 Å². The Bertz CT molecular complexity index is 104. The smallest absolute Gasteiger partial charge is 0.662 e. The summed E-state index contributed by atoms with van der Waals surface area (Å²) in [5.74, 6) is 0. The standard InChI is InChI=1S/C7H14NO2.C2H6.Rb/c1-5-3-6(8-2)4-7(9)10-5;1-2;/h5-7,9H,3-4H2,1-2H3;1-2H3;/q-1;;+1. The van der Waals surface area contributed by atoms with Gasteiger partial charge in [-0.2, -0.15) is 7.05 Å². The molecule has 0 saturated carbocycles. The maximum absolute atomic E-state index is 9.10. The van der Waals surface area contributed by atoms with Crippen LogP contribution in [0.3, 0.4) is 0 Å². The summed E-state index contributed by atoms with van der Waals surface area (Å²) in [5.41, 5.74) is 0. The van der Waals surface area contributed by atoms with Crippen LogP contribution in [0.4, 0.5) is 0 Å². The van der Waals surface area contributed by atoms with E-state index in [0.717, 1.165) is 6.42 Å². The molecule has 3 atom stereocenters. The summed E-state index contributed by atoms with van der Waals surface area (Å²) in [6.45, 7) is 5.96. The third kappa shape index (κ3) is 7.60. The molecule has 0 radical (unpaired) electrons. The van der Waals surface area contributed by atoms with Crippen LogP contribution in [0.1, 0.15) is 33.6 Å². The summed E-state index contributed by atoms with van der Waals surface area (Å²) in [7, 11) is 1.79. The molecule has 0 aromatic rings. The molecule has 0 amide bonds. The molecule has 0 aromatic carbocycles. The molecule has 4 heteroatoms. The number of rotatable bonds is 1. The second kappa shape index (κ2) is 10.2. The molecule has 3 nitrogen and oxygen atoms in total. The molecular formula is C9H20NO2Rb. The molecular weight excluding hydrogens is 240 g/mol. The van der Waals surface area contributed by atoms with Crippen molar-refractivity contribution < 1.29 is 68.0 Å². The molecule has 1 aliphatic heterocycles. The first-order valence-electron chi connectivity index (χ1n) is 4.65. The minimum Gasteiger partial charge on any atom is -0.662 e. The number of aliphatic hydroxyl groups is 1. The predicted octanol–water partition coefficient (Wildman–Crippen LogP) is -1.09. The first kappa shape index (κ1) is 17.1. The van der Waals surface area contributed by atoms with Gasteiger partial charge in [-0.1, -0.05) is 13.8 Å². The van der Waals surface area contributed by atoms with Gasteiger partial charge < -0.3 is 15.2 Å². The molecule has 1 saturated heterocycles. The molecule has 0 spiro atoms. The molecule has 0 aliphatic carbocycles. The quantitative estimate of drug-likeness (QED) is 0.650. The van der Waals surface area contributed by atoms with E-state index in [9.17, 15) is 0 Å². The fourth-order valence-electron chi connectivity index (χ4n) is 1.30. The summed E-state index contributed by atoms with van der Waals surface area (Å²) in [6, 6.07) is 0.291. The van der Waals surface area contributed by atoms with Crippen LogP contribution in [0.25, 0.3) is 5.32 Å². The van der Waals surface area contributed by atoms with E-state index in [1.807, 2.05) is 20.8 Å². The minimum absolute atomic E-state index is 0. The number of nitrogens with zero attached hydrogens (tertiary/aromatic N) is 1. The first-order chi connectivity index (χ1) is 5.72. The van der Waals surface area contributed by atoms with Crippen LogP contribution in [-0.2, 0) is 4.74 Å². The monoisotopic (exact) mass is 259 g/mol. The maximum atomic E-state index is 9.10. The average Bonchev–Trinajstić information content (AvgIpc) is 2.06. The third-order valence-corrected chi connectivity index (χ3v) is 1.83. The van der Waals surface area contributed by atoms with E-state index in [1.165, 1.54) is 0 Å². The topological polar surface area (TPSA) is 43.6 Å². The molecule has 0 aromatic heterocycles. The van der Waals surface area contributed by atoms with E-state index in [-0.39, 0.29) is 64.3 Å². The fraction of sp³-hybridized carbons (Fsp3) is 1.00. The first-order valence-corrected chi connectivity index (χ1v) is 4.65.